The molecule has 0 spiro atoms. The highest BCUT2D eigenvalue weighted by atomic mass is 32.1. The van der Waals surface area contributed by atoms with Gasteiger partial charge in [0.2, 0.25) is 0 Å². The maximum Gasteiger partial charge on any atom is 0.189 e. The van der Waals surface area contributed by atoms with Crippen molar-refractivity contribution < 1.29 is 4.74 Å². The van der Waals surface area contributed by atoms with E-state index in [9.17, 15) is 0 Å². The van der Waals surface area contributed by atoms with Gasteiger partial charge in [0.25, 0.3) is 0 Å². The van der Waals surface area contributed by atoms with Crippen molar-refractivity contribution in [2.45, 2.75) is 6.54 Å². The minimum absolute atomic E-state index is 0.449. The summed E-state index contributed by atoms with van der Waals surface area (Å²) in [4.78, 5) is 13.0. The van der Waals surface area contributed by atoms with Gasteiger partial charge in [0, 0.05) is 6.54 Å². The average molecular weight is 378 g/mol. The summed E-state index contributed by atoms with van der Waals surface area (Å²) < 4.78 is 6.27. The van der Waals surface area contributed by atoms with Gasteiger partial charge in [-0.3, -0.25) is 0 Å². The van der Waals surface area contributed by atoms with E-state index in [2.05, 4.69) is 25.6 Å². The van der Waals surface area contributed by atoms with Crippen LogP contribution in [0.15, 0.2) is 54.9 Å². The molecule has 0 aliphatic rings. The second-order valence-corrected chi connectivity index (χ2v) is 6.83. The fraction of sp³-hybridized carbons (Fsp3) is 0.105. The van der Waals surface area contributed by atoms with Crippen molar-refractivity contribution in [1.29, 1.82) is 0 Å². The van der Waals surface area contributed by atoms with Gasteiger partial charge in [-0.1, -0.05) is 35.6 Å². The molecule has 7 nitrogen and oxygen atoms in total. The van der Waals surface area contributed by atoms with Crippen molar-refractivity contribution in [2.75, 3.05) is 23.5 Å². The van der Waals surface area contributed by atoms with Gasteiger partial charge in [-0.15, -0.1) is 0 Å². The van der Waals surface area contributed by atoms with Crippen LogP contribution >= 0.6 is 11.3 Å². The van der Waals surface area contributed by atoms with Crippen LogP contribution in [0.3, 0.4) is 0 Å². The van der Waals surface area contributed by atoms with Crippen LogP contribution in [0.2, 0.25) is 0 Å². The van der Waals surface area contributed by atoms with Crippen LogP contribution in [-0.4, -0.2) is 22.1 Å². The third-order valence-electron chi connectivity index (χ3n) is 4.02. The Kier molecular flexibility index (Phi) is 4.71. The maximum atomic E-state index is 6.24. The zero-order chi connectivity index (χ0) is 18.6. The molecule has 0 atom stereocenters. The molecule has 136 valence electrons. The number of aromatic nitrogens is 3. The molecule has 27 heavy (non-hydrogen) atoms. The summed E-state index contributed by atoms with van der Waals surface area (Å²) in [6, 6.07) is 15.8. The van der Waals surface area contributed by atoms with E-state index in [0.29, 0.717) is 23.9 Å². The van der Waals surface area contributed by atoms with E-state index < -0.39 is 0 Å². The molecule has 0 saturated carbocycles. The molecule has 0 fully saturated rings. The van der Waals surface area contributed by atoms with Crippen molar-refractivity contribution in [3.05, 3.63) is 60.4 Å². The lowest BCUT2D eigenvalue weighted by molar-refractivity contribution is 0.414. The van der Waals surface area contributed by atoms with Crippen molar-refractivity contribution in [2.24, 2.45) is 0 Å². The SMILES string of the molecule is COc1ccc(CNc2ncnc(Nc3nc4ccccc4s3)c2N)cc1. The number of methoxy groups -OCH3 is 1. The first-order valence-corrected chi connectivity index (χ1v) is 9.14. The Morgan fingerprint density at radius 3 is 2.59 bits per heavy atom. The van der Waals surface area contributed by atoms with Crippen LogP contribution < -0.4 is 21.1 Å². The van der Waals surface area contributed by atoms with Gasteiger partial charge in [0.1, 0.15) is 17.8 Å². The van der Waals surface area contributed by atoms with Gasteiger partial charge in [0.15, 0.2) is 16.8 Å². The summed E-state index contributed by atoms with van der Waals surface area (Å²) in [5.74, 6) is 1.92. The fourth-order valence-corrected chi connectivity index (χ4v) is 3.46. The predicted octanol–water partition coefficient (Wildman–Crippen LogP) is 4.03. The summed E-state index contributed by atoms with van der Waals surface area (Å²) in [7, 11) is 1.65. The number of ether oxygens (including phenoxy) is 1. The number of nitrogens with zero attached hydrogens (tertiary/aromatic N) is 3. The standard InChI is InChI=1S/C19H18N6OS/c1-26-13-8-6-12(7-9-13)10-21-17-16(20)18(23-11-22-17)25-19-24-14-4-2-3-5-15(14)27-19/h2-9,11H,10,20H2,1H3,(H2,21,22,23,24,25). The Labute approximate surface area is 160 Å². The van der Waals surface area contributed by atoms with Crippen LogP contribution in [-0.2, 0) is 6.54 Å². The minimum Gasteiger partial charge on any atom is -0.497 e. The van der Waals surface area contributed by atoms with Gasteiger partial charge in [-0.2, -0.15) is 0 Å². The van der Waals surface area contributed by atoms with E-state index in [1.54, 1.807) is 18.4 Å². The number of anilines is 4. The molecule has 0 bridgehead atoms. The van der Waals surface area contributed by atoms with E-state index in [0.717, 1.165) is 26.7 Å². The number of para-hydroxylation sites is 1. The molecular formula is C19H18N6OS. The Hall–Kier alpha value is -3.39. The van der Waals surface area contributed by atoms with E-state index >= 15 is 0 Å². The van der Waals surface area contributed by atoms with E-state index in [1.807, 2.05) is 48.5 Å². The number of nitrogens with one attached hydrogen (secondary N) is 2. The molecular weight excluding hydrogens is 360 g/mol. The number of rotatable bonds is 6. The normalized spacial score (nSPS) is 10.7. The molecule has 0 radical (unpaired) electrons. The van der Waals surface area contributed by atoms with Gasteiger partial charge in [-0.25, -0.2) is 15.0 Å². The minimum atomic E-state index is 0.449. The maximum absolute atomic E-state index is 6.24. The summed E-state index contributed by atoms with van der Waals surface area (Å²) in [6.45, 7) is 0.589. The van der Waals surface area contributed by atoms with Crippen LogP contribution in [0.5, 0.6) is 5.75 Å². The van der Waals surface area contributed by atoms with E-state index in [4.69, 9.17) is 10.5 Å². The Bertz CT molecular complexity index is 1030. The monoisotopic (exact) mass is 378 g/mol. The molecule has 0 unspecified atom stereocenters. The predicted molar refractivity (Wildman–Crippen MR) is 110 cm³/mol. The first-order chi connectivity index (χ1) is 13.2. The van der Waals surface area contributed by atoms with Crippen LogP contribution in [0.1, 0.15) is 5.56 Å². The van der Waals surface area contributed by atoms with Gasteiger partial charge >= 0.3 is 0 Å². The number of benzene rings is 2. The zero-order valence-corrected chi connectivity index (χ0v) is 15.5. The van der Waals surface area contributed by atoms with Crippen LogP contribution in [0.25, 0.3) is 10.2 Å². The molecule has 2 aromatic carbocycles. The van der Waals surface area contributed by atoms with Crippen molar-refractivity contribution in [3.8, 4) is 5.75 Å². The molecule has 2 heterocycles. The number of nitrogen functional groups attached to an aromatic ring is 1. The molecule has 0 saturated heterocycles. The molecule has 0 aliphatic carbocycles. The summed E-state index contributed by atoms with van der Waals surface area (Å²) >= 11 is 1.55. The second-order valence-electron chi connectivity index (χ2n) is 5.80. The quantitative estimate of drug-likeness (QED) is 0.466. The molecule has 2 aromatic heterocycles. The third kappa shape index (κ3) is 3.75. The third-order valence-corrected chi connectivity index (χ3v) is 4.97. The number of hydrogen-bond acceptors (Lipinski definition) is 8. The highest BCUT2D eigenvalue weighted by molar-refractivity contribution is 7.22. The van der Waals surface area contributed by atoms with E-state index in [-0.39, 0.29) is 0 Å². The second kappa shape index (κ2) is 7.46. The lowest BCUT2D eigenvalue weighted by Gasteiger charge is -2.11. The van der Waals surface area contributed by atoms with Gasteiger partial charge < -0.3 is 21.1 Å². The largest absolute Gasteiger partial charge is 0.497 e. The lowest BCUT2D eigenvalue weighted by atomic mass is 10.2. The number of thiazole rings is 1. The van der Waals surface area contributed by atoms with Crippen molar-refractivity contribution in [3.63, 3.8) is 0 Å². The van der Waals surface area contributed by atoms with Gasteiger partial charge in [0.05, 0.1) is 17.3 Å². The summed E-state index contributed by atoms with van der Waals surface area (Å²) in [6.07, 6.45) is 1.47. The highest BCUT2D eigenvalue weighted by Gasteiger charge is 2.11. The van der Waals surface area contributed by atoms with Gasteiger partial charge in [-0.05, 0) is 29.8 Å². The number of fused-ring (bicyclic) bond motifs is 1. The smallest absolute Gasteiger partial charge is 0.189 e. The summed E-state index contributed by atoms with van der Waals surface area (Å²) in [5.41, 5.74) is 8.72. The molecule has 0 aliphatic heterocycles. The topological polar surface area (TPSA) is 98.0 Å². The Balaban J connectivity index is 1.49. The zero-order valence-electron chi connectivity index (χ0n) is 14.6. The number of hydrogen-bond donors (Lipinski definition) is 3. The van der Waals surface area contributed by atoms with E-state index in [1.165, 1.54) is 6.33 Å². The first-order valence-electron chi connectivity index (χ1n) is 8.33. The highest BCUT2D eigenvalue weighted by Crippen LogP contribution is 2.31. The molecule has 8 heteroatoms. The number of nitrogens with two attached hydrogens (primary N) is 1. The Morgan fingerprint density at radius 1 is 1.04 bits per heavy atom. The lowest BCUT2D eigenvalue weighted by Crippen LogP contribution is -2.08. The molecule has 4 N–H and O–H groups in total. The van der Waals surface area contributed by atoms with Crippen LogP contribution in [0.4, 0.5) is 22.5 Å². The molecule has 4 rings (SSSR count). The molecule has 4 aromatic rings. The van der Waals surface area contributed by atoms with Crippen LogP contribution in [0, 0.1) is 0 Å². The summed E-state index contributed by atoms with van der Waals surface area (Å²) in [5, 5.41) is 7.17. The van der Waals surface area contributed by atoms with Crippen molar-refractivity contribution >= 4 is 44.0 Å². The molecule has 0 amide bonds. The fourth-order valence-electron chi connectivity index (χ4n) is 2.59. The average Bonchev–Trinajstić information content (AvgIpc) is 3.11. The Morgan fingerprint density at radius 2 is 1.81 bits per heavy atom. The van der Waals surface area contributed by atoms with Crippen molar-refractivity contribution in [1.82, 2.24) is 15.0 Å². The first kappa shape index (κ1) is 17.0.